The van der Waals surface area contributed by atoms with Gasteiger partial charge in [-0.3, -0.25) is 9.59 Å². The smallest absolute Gasteiger partial charge is 0.349 e. The van der Waals surface area contributed by atoms with Gasteiger partial charge in [0.1, 0.15) is 23.5 Å². The molecule has 0 saturated heterocycles. The number of amides is 1. The number of hydrogen-bond donors (Lipinski definition) is 0. The van der Waals surface area contributed by atoms with E-state index in [1.54, 1.807) is 30.3 Å². The molecule has 0 spiro atoms. The van der Waals surface area contributed by atoms with E-state index >= 15 is 0 Å². The van der Waals surface area contributed by atoms with Gasteiger partial charge in [-0.15, -0.1) is 0 Å². The first-order valence-electron chi connectivity index (χ1n) is 8.44. The van der Waals surface area contributed by atoms with Crippen LogP contribution < -0.4 is 10.4 Å². The summed E-state index contributed by atoms with van der Waals surface area (Å²) in [6.45, 7) is -0.337. The molecule has 2 heterocycles. The average Bonchev–Trinajstić information content (AvgIpc) is 3.05. The molecule has 0 atom stereocenters. The van der Waals surface area contributed by atoms with Crippen LogP contribution in [0.1, 0.15) is 10.4 Å². The average molecular weight is 412 g/mol. The Morgan fingerprint density at radius 1 is 1.21 bits per heavy atom. The van der Waals surface area contributed by atoms with E-state index in [0.717, 1.165) is 11.3 Å². The molecule has 0 aliphatic carbocycles. The second-order valence-corrected chi connectivity index (χ2v) is 7.04. The number of carbonyl (C=O) groups is 2. The van der Waals surface area contributed by atoms with Gasteiger partial charge >= 0.3 is 11.6 Å². The van der Waals surface area contributed by atoms with Crippen molar-refractivity contribution in [2.75, 3.05) is 7.11 Å². The molecule has 4 rings (SSSR count). The summed E-state index contributed by atoms with van der Waals surface area (Å²) in [5.74, 6) is -2.05. The van der Waals surface area contributed by atoms with E-state index in [1.165, 1.54) is 29.9 Å². The van der Waals surface area contributed by atoms with Crippen LogP contribution in [0.3, 0.4) is 0 Å². The molecule has 2 aromatic carbocycles. The standard InChI is InChI=1S/C20H13FN2O5S/c1-27-16(24)10-23-17-13(21)6-4-8-15(17)29-20(23)22-18(25)12-9-11-5-2-3-7-14(11)28-19(12)26/h2-9H,10H2,1H3. The number of aromatic nitrogens is 1. The minimum Gasteiger partial charge on any atom is -0.468 e. The second kappa shape index (κ2) is 7.44. The predicted molar refractivity (Wildman–Crippen MR) is 104 cm³/mol. The van der Waals surface area contributed by atoms with E-state index in [1.807, 2.05) is 0 Å². The van der Waals surface area contributed by atoms with E-state index in [-0.39, 0.29) is 22.4 Å². The van der Waals surface area contributed by atoms with Crippen molar-refractivity contribution in [1.82, 2.24) is 4.57 Å². The monoisotopic (exact) mass is 412 g/mol. The van der Waals surface area contributed by atoms with Gasteiger partial charge in [0.05, 0.1) is 17.3 Å². The van der Waals surface area contributed by atoms with Crippen molar-refractivity contribution >= 4 is 44.4 Å². The van der Waals surface area contributed by atoms with Gasteiger partial charge in [-0.25, -0.2) is 9.18 Å². The van der Waals surface area contributed by atoms with Crippen LogP contribution in [0.5, 0.6) is 0 Å². The number of fused-ring (bicyclic) bond motifs is 2. The molecule has 7 nitrogen and oxygen atoms in total. The lowest BCUT2D eigenvalue weighted by Gasteiger charge is -2.04. The Morgan fingerprint density at radius 2 is 2.00 bits per heavy atom. The lowest BCUT2D eigenvalue weighted by Crippen LogP contribution is -2.24. The minimum absolute atomic E-state index is 0.0630. The zero-order valence-electron chi connectivity index (χ0n) is 15.0. The fourth-order valence-electron chi connectivity index (χ4n) is 2.87. The van der Waals surface area contributed by atoms with Gasteiger partial charge in [0.25, 0.3) is 5.91 Å². The number of methoxy groups -OCH3 is 1. The predicted octanol–water partition coefficient (Wildman–Crippen LogP) is 2.86. The van der Waals surface area contributed by atoms with E-state index < -0.39 is 23.3 Å². The fourth-order valence-corrected chi connectivity index (χ4v) is 3.91. The summed E-state index contributed by atoms with van der Waals surface area (Å²) in [7, 11) is 1.20. The van der Waals surface area contributed by atoms with E-state index in [9.17, 15) is 18.8 Å². The van der Waals surface area contributed by atoms with Crippen LogP contribution in [0.15, 0.2) is 62.7 Å². The Balaban J connectivity index is 1.90. The van der Waals surface area contributed by atoms with Crippen molar-refractivity contribution in [3.05, 3.63) is 75.1 Å². The first-order valence-corrected chi connectivity index (χ1v) is 9.26. The third kappa shape index (κ3) is 3.47. The fraction of sp³-hybridized carbons (Fsp3) is 0.100. The van der Waals surface area contributed by atoms with Crippen molar-refractivity contribution in [2.45, 2.75) is 6.54 Å². The number of halogens is 1. The molecular weight excluding hydrogens is 399 g/mol. The second-order valence-electron chi connectivity index (χ2n) is 6.04. The molecule has 0 aliphatic heterocycles. The lowest BCUT2D eigenvalue weighted by atomic mass is 10.2. The maximum Gasteiger partial charge on any atom is 0.349 e. The lowest BCUT2D eigenvalue weighted by molar-refractivity contribution is -0.141. The third-order valence-electron chi connectivity index (χ3n) is 4.24. The molecule has 0 radical (unpaired) electrons. The Labute approximate surface area is 166 Å². The molecule has 29 heavy (non-hydrogen) atoms. The van der Waals surface area contributed by atoms with E-state index in [2.05, 4.69) is 9.73 Å². The largest absolute Gasteiger partial charge is 0.468 e. The van der Waals surface area contributed by atoms with Gasteiger partial charge in [0.15, 0.2) is 4.80 Å². The summed E-state index contributed by atoms with van der Waals surface area (Å²) < 4.78 is 25.9. The van der Waals surface area contributed by atoms with Gasteiger partial charge in [-0.05, 0) is 24.3 Å². The van der Waals surface area contributed by atoms with Crippen LogP contribution in [0, 0.1) is 5.82 Å². The molecular formula is C20H13FN2O5S. The molecule has 4 aromatic rings. The molecule has 0 saturated carbocycles. The highest BCUT2D eigenvalue weighted by Gasteiger charge is 2.17. The molecule has 0 aliphatic rings. The van der Waals surface area contributed by atoms with Crippen LogP contribution in [-0.4, -0.2) is 23.6 Å². The Bertz CT molecular complexity index is 1400. The number of hydrogen-bond acceptors (Lipinski definition) is 6. The first kappa shape index (κ1) is 18.8. The van der Waals surface area contributed by atoms with Crippen LogP contribution in [0.25, 0.3) is 21.2 Å². The highest BCUT2D eigenvalue weighted by molar-refractivity contribution is 7.16. The molecule has 0 bridgehead atoms. The van der Waals surface area contributed by atoms with E-state index in [0.29, 0.717) is 15.7 Å². The number of thiazole rings is 1. The molecule has 2 aromatic heterocycles. The maximum absolute atomic E-state index is 14.4. The van der Waals surface area contributed by atoms with Crippen LogP contribution in [-0.2, 0) is 16.1 Å². The third-order valence-corrected chi connectivity index (χ3v) is 5.28. The quantitative estimate of drug-likeness (QED) is 0.381. The minimum atomic E-state index is -0.852. The summed E-state index contributed by atoms with van der Waals surface area (Å²) in [5.41, 5.74) is -0.616. The van der Waals surface area contributed by atoms with Crippen molar-refractivity contribution in [1.29, 1.82) is 0 Å². The Morgan fingerprint density at radius 3 is 2.79 bits per heavy atom. The number of nitrogens with zero attached hydrogens (tertiary/aromatic N) is 2. The van der Waals surface area contributed by atoms with Crippen molar-refractivity contribution in [3.8, 4) is 0 Å². The van der Waals surface area contributed by atoms with Gasteiger partial charge in [0, 0.05) is 5.39 Å². The molecule has 9 heteroatoms. The number of carbonyl (C=O) groups excluding carboxylic acids is 2. The van der Waals surface area contributed by atoms with Gasteiger partial charge in [-0.1, -0.05) is 35.6 Å². The Kier molecular flexibility index (Phi) is 4.81. The summed E-state index contributed by atoms with van der Waals surface area (Å²) in [6, 6.07) is 12.6. The van der Waals surface area contributed by atoms with Crippen LogP contribution >= 0.6 is 11.3 Å². The number of benzene rings is 2. The summed E-state index contributed by atoms with van der Waals surface area (Å²) >= 11 is 1.02. The summed E-state index contributed by atoms with van der Waals surface area (Å²) in [4.78, 5) is 40.7. The molecule has 0 unspecified atom stereocenters. The summed E-state index contributed by atoms with van der Waals surface area (Å²) in [6.07, 6.45) is 0. The highest BCUT2D eigenvalue weighted by Crippen LogP contribution is 2.20. The zero-order valence-corrected chi connectivity index (χ0v) is 15.9. The molecule has 0 N–H and O–H groups in total. The Hall–Kier alpha value is -3.59. The van der Waals surface area contributed by atoms with E-state index in [4.69, 9.17) is 4.42 Å². The number of esters is 1. The van der Waals surface area contributed by atoms with Gasteiger partial charge < -0.3 is 13.7 Å². The number of para-hydroxylation sites is 2. The SMILES string of the molecule is COC(=O)Cn1c(=NC(=O)c2cc3ccccc3oc2=O)sc2cccc(F)c21. The number of ether oxygens (including phenoxy) is 1. The van der Waals surface area contributed by atoms with Crippen molar-refractivity contribution in [2.24, 2.45) is 4.99 Å². The molecule has 1 amide bonds. The number of rotatable bonds is 3. The normalized spacial score (nSPS) is 11.9. The van der Waals surface area contributed by atoms with Crippen molar-refractivity contribution < 1.29 is 23.1 Å². The van der Waals surface area contributed by atoms with Crippen molar-refractivity contribution in [3.63, 3.8) is 0 Å². The van der Waals surface area contributed by atoms with Gasteiger partial charge in [-0.2, -0.15) is 4.99 Å². The molecule has 146 valence electrons. The summed E-state index contributed by atoms with van der Waals surface area (Å²) in [5, 5.41) is 0.565. The zero-order chi connectivity index (χ0) is 20.5. The maximum atomic E-state index is 14.4. The highest BCUT2D eigenvalue weighted by atomic mass is 32.1. The first-order chi connectivity index (χ1) is 14.0. The van der Waals surface area contributed by atoms with Crippen LogP contribution in [0.4, 0.5) is 4.39 Å². The van der Waals surface area contributed by atoms with Crippen LogP contribution in [0.2, 0.25) is 0 Å². The van der Waals surface area contributed by atoms with Gasteiger partial charge in [0.2, 0.25) is 0 Å². The molecule has 0 fully saturated rings. The topological polar surface area (TPSA) is 90.9 Å².